The second kappa shape index (κ2) is 27.5. The Morgan fingerprint density at radius 1 is 0.413 bits per heavy atom. The van der Waals surface area contributed by atoms with Crippen LogP contribution in [0.2, 0.25) is 0 Å². The SMILES string of the molecule is C=C(C)c1nc(N(C)CCCCCCCCCCOc2ccc(-c3ccc(OC)cc3)cc2)nc(N(C)CCCCCCCCCCOc2ccc(-c3ccc(OC)cc3)cc2)n1. The Kier molecular flexibility index (Phi) is 21.1. The first-order valence-corrected chi connectivity index (χ1v) is 23.4. The summed E-state index contributed by atoms with van der Waals surface area (Å²) < 4.78 is 22.5. The molecule has 5 rings (SSSR count). The van der Waals surface area contributed by atoms with Crippen LogP contribution in [0.25, 0.3) is 27.8 Å². The van der Waals surface area contributed by atoms with Gasteiger partial charge in [-0.15, -0.1) is 0 Å². The van der Waals surface area contributed by atoms with E-state index in [0.717, 1.165) is 92.5 Å². The molecular weight excluding hydrogens is 783 g/mol. The molecule has 0 aliphatic heterocycles. The molecule has 338 valence electrons. The molecule has 0 bridgehead atoms. The Labute approximate surface area is 378 Å². The summed E-state index contributed by atoms with van der Waals surface area (Å²) in [6.07, 6.45) is 19.4. The number of hydrogen-bond donors (Lipinski definition) is 0. The summed E-state index contributed by atoms with van der Waals surface area (Å²) in [5.74, 6) is 5.74. The van der Waals surface area contributed by atoms with Crippen LogP contribution in [0.3, 0.4) is 0 Å². The standard InChI is InChI=1S/C54H73N5O4/c1-43(2)52-55-53(58(3)39-19-15-11-7-9-13-17-21-41-62-50-35-27-46(28-36-50)44-23-31-48(60-5)32-24-44)57-54(56-52)59(4)40-20-16-12-8-10-14-18-22-42-63-51-37-29-47(30-38-51)45-25-33-49(61-6)34-26-45/h23-38H,1,7-22,39-42H2,2-6H3. The average Bonchev–Trinajstić information content (AvgIpc) is 3.32. The molecule has 9 nitrogen and oxygen atoms in total. The number of methoxy groups -OCH3 is 2. The van der Waals surface area contributed by atoms with Crippen LogP contribution in [0, 0.1) is 0 Å². The van der Waals surface area contributed by atoms with E-state index in [2.05, 4.69) is 103 Å². The third-order valence-corrected chi connectivity index (χ3v) is 11.5. The fraction of sp³-hybridized carbons (Fsp3) is 0.463. The molecule has 0 saturated heterocycles. The lowest BCUT2D eigenvalue weighted by atomic mass is 10.1. The number of anilines is 2. The molecule has 0 unspecified atom stereocenters. The molecule has 0 radical (unpaired) electrons. The summed E-state index contributed by atoms with van der Waals surface area (Å²) in [5.41, 5.74) is 5.56. The molecule has 0 fully saturated rings. The topological polar surface area (TPSA) is 82.1 Å². The second-order valence-electron chi connectivity index (χ2n) is 16.7. The van der Waals surface area contributed by atoms with Crippen molar-refractivity contribution < 1.29 is 18.9 Å². The summed E-state index contributed by atoms with van der Waals surface area (Å²) in [6, 6.07) is 33.0. The van der Waals surface area contributed by atoms with Crippen LogP contribution >= 0.6 is 0 Å². The number of rotatable bonds is 31. The molecule has 0 saturated carbocycles. The summed E-state index contributed by atoms with van der Waals surface area (Å²) in [6.45, 7) is 9.48. The first-order chi connectivity index (χ1) is 30.8. The number of hydrogen-bond acceptors (Lipinski definition) is 9. The van der Waals surface area contributed by atoms with Gasteiger partial charge < -0.3 is 28.7 Å². The van der Waals surface area contributed by atoms with Gasteiger partial charge in [0, 0.05) is 27.2 Å². The van der Waals surface area contributed by atoms with E-state index in [-0.39, 0.29) is 0 Å². The third kappa shape index (κ3) is 17.3. The van der Waals surface area contributed by atoms with Crippen molar-refractivity contribution in [2.24, 2.45) is 0 Å². The zero-order chi connectivity index (χ0) is 44.5. The highest BCUT2D eigenvalue weighted by molar-refractivity contribution is 5.66. The predicted molar refractivity (Wildman–Crippen MR) is 263 cm³/mol. The Morgan fingerprint density at radius 3 is 1.00 bits per heavy atom. The van der Waals surface area contributed by atoms with Crippen LogP contribution in [0.1, 0.15) is 115 Å². The number of benzene rings is 4. The molecule has 4 aromatic carbocycles. The predicted octanol–water partition coefficient (Wildman–Crippen LogP) is 13.5. The van der Waals surface area contributed by atoms with Crippen LogP contribution in [0.15, 0.2) is 104 Å². The molecule has 0 atom stereocenters. The number of allylic oxidation sites excluding steroid dienone is 1. The summed E-state index contributed by atoms with van der Waals surface area (Å²) in [5, 5.41) is 0. The van der Waals surface area contributed by atoms with Crippen molar-refractivity contribution in [1.29, 1.82) is 0 Å². The largest absolute Gasteiger partial charge is 0.497 e. The molecule has 63 heavy (non-hydrogen) atoms. The molecule has 0 aliphatic carbocycles. The zero-order valence-electron chi connectivity index (χ0n) is 39.0. The normalized spacial score (nSPS) is 11.0. The van der Waals surface area contributed by atoms with Crippen molar-refractivity contribution >= 4 is 17.5 Å². The van der Waals surface area contributed by atoms with E-state index in [1.54, 1.807) is 14.2 Å². The van der Waals surface area contributed by atoms with E-state index in [4.69, 9.17) is 33.9 Å². The number of unbranched alkanes of at least 4 members (excludes halogenated alkanes) is 14. The molecule has 1 aromatic heterocycles. The van der Waals surface area contributed by atoms with Crippen LogP contribution in [-0.4, -0.2) is 69.6 Å². The fourth-order valence-electron chi connectivity index (χ4n) is 7.54. The highest BCUT2D eigenvalue weighted by Crippen LogP contribution is 2.27. The van der Waals surface area contributed by atoms with Gasteiger partial charge in [-0.1, -0.05) is 132 Å². The van der Waals surface area contributed by atoms with Crippen molar-refractivity contribution in [3.8, 4) is 45.3 Å². The molecule has 9 heteroatoms. The lowest BCUT2D eigenvalue weighted by Crippen LogP contribution is -2.26. The average molecular weight is 856 g/mol. The lowest BCUT2D eigenvalue weighted by Gasteiger charge is -2.22. The minimum absolute atomic E-state index is 0.676. The van der Waals surface area contributed by atoms with Gasteiger partial charge >= 0.3 is 0 Å². The minimum Gasteiger partial charge on any atom is -0.497 e. The number of ether oxygens (including phenoxy) is 4. The van der Waals surface area contributed by atoms with Gasteiger partial charge in [0.25, 0.3) is 0 Å². The van der Waals surface area contributed by atoms with Gasteiger partial charge in [0.2, 0.25) is 11.9 Å². The van der Waals surface area contributed by atoms with Crippen LogP contribution in [0.4, 0.5) is 11.9 Å². The van der Waals surface area contributed by atoms with Crippen molar-refractivity contribution in [2.45, 2.75) is 110 Å². The van der Waals surface area contributed by atoms with Gasteiger partial charge in [-0.05, 0) is 109 Å². The first kappa shape index (κ1) is 48.5. The van der Waals surface area contributed by atoms with Crippen LogP contribution in [-0.2, 0) is 0 Å². The van der Waals surface area contributed by atoms with E-state index in [1.165, 1.54) is 99.3 Å². The van der Waals surface area contributed by atoms with E-state index in [1.807, 2.05) is 31.2 Å². The summed E-state index contributed by atoms with van der Waals surface area (Å²) >= 11 is 0. The van der Waals surface area contributed by atoms with E-state index >= 15 is 0 Å². The number of aromatic nitrogens is 3. The maximum Gasteiger partial charge on any atom is 0.230 e. The summed E-state index contributed by atoms with van der Waals surface area (Å²) in [7, 11) is 7.56. The highest BCUT2D eigenvalue weighted by atomic mass is 16.5. The van der Waals surface area contributed by atoms with E-state index in [9.17, 15) is 0 Å². The molecule has 0 spiro atoms. The monoisotopic (exact) mass is 856 g/mol. The Balaban J connectivity index is 0.861. The van der Waals surface area contributed by atoms with Crippen LogP contribution in [0.5, 0.6) is 23.0 Å². The van der Waals surface area contributed by atoms with Gasteiger partial charge in [-0.3, -0.25) is 0 Å². The van der Waals surface area contributed by atoms with Crippen molar-refractivity contribution in [1.82, 2.24) is 15.0 Å². The van der Waals surface area contributed by atoms with Gasteiger partial charge in [-0.25, -0.2) is 0 Å². The summed E-state index contributed by atoms with van der Waals surface area (Å²) in [4.78, 5) is 18.8. The molecule has 0 aliphatic rings. The zero-order valence-corrected chi connectivity index (χ0v) is 39.0. The Hall–Kier alpha value is -5.57. The van der Waals surface area contributed by atoms with Gasteiger partial charge in [0.05, 0.1) is 27.4 Å². The van der Waals surface area contributed by atoms with Gasteiger partial charge in [0.15, 0.2) is 5.82 Å². The molecule has 5 aromatic rings. The van der Waals surface area contributed by atoms with Crippen LogP contribution < -0.4 is 28.7 Å². The lowest BCUT2D eigenvalue weighted by molar-refractivity contribution is 0.304. The molecular formula is C54H73N5O4. The fourth-order valence-corrected chi connectivity index (χ4v) is 7.54. The third-order valence-electron chi connectivity index (χ3n) is 11.5. The molecule has 0 N–H and O–H groups in total. The molecule has 0 amide bonds. The van der Waals surface area contributed by atoms with Gasteiger partial charge in [-0.2, -0.15) is 15.0 Å². The Bertz CT molecular complexity index is 1880. The van der Waals surface area contributed by atoms with E-state index in [0.29, 0.717) is 5.82 Å². The van der Waals surface area contributed by atoms with Crippen molar-refractivity contribution in [3.63, 3.8) is 0 Å². The van der Waals surface area contributed by atoms with Crippen molar-refractivity contribution in [3.05, 3.63) is 109 Å². The van der Waals surface area contributed by atoms with E-state index < -0.39 is 0 Å². The minimum atomic E-state index is 0.676. The second-order valence-corrected chi connectivity index (χ2v) is 16.7. The number of nitrogens with zero attached hydrogens (tertiary/aromatic N) is 5. The quantitative estimate of drug-likeness (QED) is 0.0405. The molecule has 1 heterocycles. The maximum atomic E-state index is 6.01. The first-order valence-electron chi connectivity index (χ1n) is 23.4. The Morgan fingerprint density at radius 2 is 0.698 bits per heavy atom. The van der Waals surface area contributed by atoms with Gasteiger partial charge in [0.1, 0.15) is 23.0 Å². The maximum absolute atomic E-state index is 6.01. The highest BCUT2D eigenvalue weighted by Gasteiger charge is 2.14. The van der Waals surface area contributed by atoms with Crippen molar-refractivity contribution in [2.75, 3.05) is 64.4 Å². The smallest absolute Gasteiger partial charge is 0.230 e.